The Morgan fingerprint density at radius 2 is 2.17 bits per heavy atom. The summed E-state index contributed by atoms with van der Waals surface area (Å²) in [5.74, 6) is 0.0889. The zero-order valence-corrected chi connectivity index (χ0v) is 12.2. The van der Waals surface area contributed by atoms with Crippen molar-refractivity contribution in [2.75, 3.05) is 4.72 Å². The highest BCUT2D eigenvalue weighted by atomic mass is 79.9. The first-order valence-corrected chi connectivity index (χ1v) is 7.23. The first-order valence-electron chi connectivity index (χ1n) is 4.58. The maximum absolute atomic E-state index is 12.1. The summed E-state index contributed by atoms with van der Waals surface area (Å²) in [6.07, 6.45) is 2.64. The third kappa shape index (κ3) is 2.62. The van der Waals surface area contributed by atoms with Crippen LogP contribution in [0.2, 0.25) is 5.15 Å². The number of nitrogens with zero attached hydrogens (tertiary/aromatic N) is 4. The second-order valence-electron chi connectivity index (χ2n) is 3.26. The first kappa shape index (κ1) is 13.2. The highest BCUT2D eigenvalue weighted by Gasteiger charge is 2.21. The minimum absolute atomic E-state index is 0.0889. The molecule has 0 bridgehead atoms. The molecule has 96 valence electrons. The van der Waals surface area contributed by atoms with E-state index in [0.29, 0.717) is 4.47 Å². The van der Waals surface area contributed by atoms with E-state index in [-0.39, 0.29) is 16.0 Å². The van der Waals surface area contributed by atoms with Crippen LogP contribution < -0.4 is 4.72 Å². The lowest BCUT2D eigenvalue weighted by Crippen LogP contribution is -2.17. The zero-order chi connectivity index (χ0) is 13.3. The number of aromatic nitrogens is 4. The molecule has 0 aromatic carbocycles. The molecule has 0 atom stereocenters. The average molecular weight is 353 g/mol. The molecule has 2 heterocycles. The second-order valence-corrected chi connectivity index (χ2v) is 6.18. The lowest BCUT2D eigenvalue weighted by Gasteiger charge is -2.08. The van der Waals surface area contributed by atoms with E-state index in [1.807, 2.05) is 0 Å². The van der Waals surface area contributed by atoms with E-state index in [0.717, 1.165) is 0 Å². The normalized spacial score (nSPS) is 11.5. The molecule has 0 amide bonds. The highest BCUT2D eigenvalue weighted by Crippen LogP contribution is 2.24. The van der Waals surface area contributed by atoms with Crippen LogP contribution in [0.4, 0.5) is 5.95 Å². The Morgan fingerprint density at radius 1 is 1.44 bits per heavy atom. The van der Waals surface area contributed by atoms with Gasteiger partial charge in [-0.3, -0.25) is 0 Å². The average Bonchev–Trinajstić information content (AvgIpc) is 2.67. The molecule has 1 N–H and O–H groups in total. The predicted octanol–water partition coefficient (Wildman–Crippen LogP) is 1.43. The number of rotatable bonds is 3. The Morgan fingerprint density at radius 3 is 2.78 bits per heavy atom. The van der Waals surface area contributed by atoms with E-state index >= 15 is 0 Å². The maximum Gasteiger partial charge on any atom is 0.267 e. The van der Waals surface area contributed by atoms with Crippen molar-refractivity contribution in [3.8, 4) is 0 Å². The van der Waals surface area contributed by atoms with Crippen molar-refractivity contribution in [2.24, 2.45) is 7.05 Å². The summed E-state index contributed by atoms with van der Waals surface area (Å²) in [7, 11) is -2.30. The van der Waals surface area contributed by atoms with Gasteiger partial charge in [-0.15, -0.1) is 0 Å². The molecule has 2 aromatic rings. The van der Waals surface area contributed by atoms with Crippen LogP contribution in [-0.2, 0) is 17.1 Å². The standard InChI is InChI=1S/C8H7BrClN5O2S/c1-15-8(12-4-13-15)14-18(16,17)6-2-5(9)3-11-7(6)10/h2-4H,1H3,(H,12,13,14). The molecular formula is C8H7BrClN5O2S. The molecule has 2 aromatic heterocycles. The minimum Gasteiger partial charge on any atom is -0.247 e. The Kier molecular flexibility index (Phi) is 3.55. The van der Waals surface area contributed by atoms with Gasteiger partial charge in [0.15, 0.2) is 0 Å². The van der Waals surface area contributed by atoms with Crippen LogP contribution in [0.3, 0.4) is 0 Å². The Bertz CT molecular complexity index is 687. The van der Waals surface area contributed by atoms with E-state index in [4.69, 9.17) is 11.6 Å². The first-order chi connectivity index (χ1) is 8.40. The van der Waals surface area contributed by atoms with Crippen LogP contribution in [0.5, 0.6) is 0 Å². The molecule has 0 saturated carbocycles. The molecular weight excluding hydrogens is 346 g/mol. The van der Waals surface area contributed by atoms with Gasteiger partial charge in [-0.05, 0) is 22.0 Å². The van der Waals surface area contributed by atoms with Gasteiger partial charge in [0, 0.05) is 17.7 Å². The number of hydrogen-bond acceptors (Lipinski definition) is 5. The molecule has 0 fully saturated rings. The third-order valence-corrected chi connectivity index (χ3v) is 4.19. The van der Waals surface area contributed by atoms with Crippen molar-refractivity contribution in [3.63, 3.8) is 0 Å². The molecule has 0 spiro atoms. The smallest absolute Gasteiger partial charge is 0.247 e. The maximum atomic E-state index is 12.1. The van der Waals surface area contributed by atoms with Crippen molar-refractivity contribution in [1.82, 2.24) is 19.7 Å². The van der Waals surface area contributed by atoms with Gasteiger partial charge in [-0.25, -0.2) is 22.8 Å². The summed E-state index contributed by atoms with van der Waals surface area (Å²) in [6, 6.07) is 1.36. The number of aryl methyl sites for hydroxylation is 1. The topological polar surface area (TPSA) is 89.8 Å². The SMILES string of the molecule is Cn1ncnc1NS(=O)(=O)c1cc(Br)cnc1Cl. The number of sulfonamides is 1. The highest BCUT2D eigenvalue weighted by molar-refractivity contribution is 9.10. The van der Waals surface area contributed by atoms with Crippen LogP contribution in [0.25, 0.3) is 0 Å². The molecule has 7 nitrogen and oxygen atoms in total. The summed E-state index contributed by atoms with van der Waals surface area (Å²) >= 11 is 8.90. The van der Waals surface area contributed by atoms with E-state index in [1.54, 1.807) is 7.05 Å². The number of pyridine rings is 1. The predicted molar refractivity (Wildman–Crippen MR) is 68.8 cm³/mol. The molecule has 10 heteroatoms. The molecule has 2 rings (SSSR count). The Hall–Kier alpha value is -1.19. The second kappa shape index (κ2) is 4.82. The largest absolute Gasteiger partial charge is 0.267 e. The van der Waals surface area contributed by atoms with Crippen LogP contribution >= 0.6 is 27.5 Å². The minimum atomic E-state index is -3.86. The van der Waals surface area contributed by atoms with Gasteiger partial charge >= 0.3 is 0 Å². The Balaban J connectivity index is 2.43. The van der Waals surface area contributed by atoms with Crippen LogP contribution in [0.1, 0.15) is 0 Å². The van der Waals surface area contributed by atoms with Gasteiger partial charge in [0.05, 0.1) is 0 Å². The molecule has 0 unspecified atom stereocenters. The lowest BCUT2D eigenvalue weighted by atomic mass is 10.5. The summed E-state index contributed by atoms with van der Waals surface area (Å²) in [5, 5.41) is 3.64. The number of anilines is 1. The fourth-order valence-corrected chi connectivity index (χ4v) is 3.14. The number of halogens is 2. The van der Waals surface area contributed by atoms with Crippen molar-refractivity contribution in [1.29, 1.82) is 0 Å². The fourth-order valence-electron chi connectivity index (χ4n) is 1.16. The molecule has 0 saturated heterocycles. The molecule has 0 aliphatic heterocycles. The molecule has 0 aliphatic rings. The summed E-state index contributed by atoms with van der Waals surface area (Å²) < 4.78 is 28.2. The van der Waals surface area contributed by atoms with Gasteiger partial charge in [0.1, 0.15) is 16.4 Å². The van der Waals surface area contributed by atoms with E-state index in [1.165, 1.54) is 23.3 Å². The van der Waals surface area contributed by atoms with Gasteiger partial charge in [-0.2, -0.15) is 10.1 Å². The molecule has 18 heavy (non-hydrogen) atoms. The summed E-state index contributed by atoms with van der Waals surface area (Å²) in [4.78, 5) is 7.38. The van der Waals surface area contributed by atoms with Crippen LogP contribution in [-0.4, -0.2) is 28.2 Å². The third-order valence-electron chi connectivity index (χ3n) is 2.00. The summed E-state index contributed by atoms with van der Waals surface area (Å²) in [6.45, 7) is 0. The quantitative estimate of drug-likeness (QED) is 0.844. The monoisotopic (exact) mass is 351 g/mol. The molecule has 0 aliphatic carbocycles. The Labute approximate surface area is 116 Å². The van der Waals surface area contributed by atoms with Gasteiger partial charge in [0.25, 0.3) is 10.0 Å². The van der Waals surface area contributed by atoms with Crippen molar-refractivity contribution < 1.29 is 8.42 Å². The van der Waals surface area contributed by atoms with Crippen molar-refractivity contribution in [2.45, 2.75) is 4.90 Å². The number of nitrogens with one attached hydrogen (secondary N) is 1. The van der Waals surface area contributed by atoms with E-state index < -0.39 is 10.0 Å². The van der Waals surface area contributed by atoms with Gasteiger partial charge < -0.3 is 0 Å². The van der Waals surface area contributed by atoms with Gasteiger partial charge in [-0.1, -0.05) is 11.6 Å². The van der Waals surface area contributed by atoms with Gasteiger partial charge in [0.2, 0.25) is 5.95 Å². The van der Waals surface area contributed by atoms with Crippen molar-refractivity contribution >= 4 is 43.5 Å². The fraction of sp³-hybridized carbons (Fsp3) is 0.125. The number of hydrogen-bond donors (Lipinski definition) is 1. The van der Waals surface area contributed by atoms with E-state index in [2.05, 4.69) is 35.7 Å². The zero-order valence-electron chi connectivity index (χ0n) is 9.00. The van der Waals surface area contributed by atoms with E-state index in [9.17, 15) is 8.42 Å². The van der Waals surface area contributed by atoms with Crippen LogP contribution in [0, 0.1) is 0 Å². The summed E-state index contributed by atoms with van der Waals surface area (Å²) in [5.41, 5.74) is 0. The van der Waals surface area contributed by atoms with Crippen molar-refractivity contribution in [3.05, 3.63) is 28.2 Å². The van der Waals surface area contributed by atoms with Crippen LogP contribution in [0.15, 0.2) is 28.0 Å². The lowest BCUT2D eigenvalue weighted by molar-refractivity contribution is 0.599. The molecule has 0 radical (unpaired) electrons.